The SMILES string of the molecule is O=C1c2cn(-c3cccnc3)nc2CCN1C/C(=N/OCc1ccccc1)C(F)(F)F. The van der Waals surface area contributed by atoms with Gasteiger partial charge in [0.05, 0.1) is 29.7 Å². The standard InChI is InChI=1S/C21H18F3N5O2/c22-21(23,24)19(27-31-14-15-5-2-1-3-6-15)13-28-10-8-18-17(20(28)30)12-29(26-18)16-7-4-9-25-11-16/h1-7,9,11-12H,8,10,13-14H2/b27-19-. The highest BCUT2D eigenvalue weighted by molar-refractivity contribution is 6.00. The Kier molecular flexibility index (Phi) is 5.70. The molecule has 1 aliphatic rings. The molecule has 0 bridgehead atoms. The predicted molar refractivity (Wildman–Crippen MR) is 106 cm³/mol. The van der Waals surface area contributed by atoms with Crippen molar-refractivity contribution in [2.75, 3.05) is 13.1 Å². The van der Waals surface area contributed by atoms with Gasteiger partial charge in [0, 0.05) is 25.4 Å². The van der Waals surface area contributed by atoms with Gasteiger partial charge in [-0.15, -0.1) is 0 Å². The van der Waals surface area contributed by atoms with Crippen molar-refractivity contribution in [2.45, 2.75) is 19.2 Å². The summed E-state index contributed by atoms with van der Waals surface area (Å²) in [5, 5.41) is 7.67. The van der Waals surface area contributed by atoms with Crippen LogP contribution < -0.4 is 0 Å². The molecule has 4 rings (SSSR count). The van der Waals surface area contributed by atoms with Gasteiger partial charge in [-0.1, -0.05) is 35.5 Å². The number of amides is 1. The second-order valence-electron chi connectivity index (χ2n) is 6.92. The average Bonchev–Trinajstić information content (AvgIpc) is 3.21. The molecular formula is C21H18F3N5O2. The third kappa shape index (κ3) is 4.73. The van der Waals surface area contributed by atoms with Crippen LogP contribution in [0.25, 0.3) is 5.69 Å². The molecule has 0 unspecified atom stereocenters. The number of pyridine rings is 1. The molecule has 0 aliphatic carbocycles. The Hall–Kier alpha value is -3.69. The van der Waals surface area contributed by atoms with E-state index in [1.807, 2.05) is 0 Å². The molecule has 7 nitrogen and oxygen atoms in total. The molecule has 3 aromatic rings. The van der Waals surface area contributed by atoms with Gasteiger partial charge in [0.1, 0.15) is 6.61 Å². The van der Waals surface area contributed by atoms with E-state index >= 15 is 0 Å². The van der Waals surface area contributed by atoms with Crippen LogP contribution in [0.15, 0.2) is 66.2 Å². The topological polar surface area (TPSA) is 72.6 Å². The van der Waals surface area contributed by atoms with Crippen LogP contribution in [0.3, 0.4) is 0 Å². The van der Waals surface area contributed by atoms with E-state index in [2.05, 4.69) is 15.2 Å². The van der Waals surface area contributed by atoms with Gasteiger partial charge < -0.3 is 9.74 Å². The summed E-state index contributed by atoms with van der Waals surface area (Å²) in [6.07, 6.45) is 0.315. The maximum atomic E-state index is 13.5. The number of halogens is 3. The van der Waals surface area contributed by atoms with E-state index in [9.17, 15) is 18.0 Å². The molecule has 0 saturated heterocycles. The zero-order valence-electron chi connectivity index (χ0n) is 16.3. The Bertz CT molecular complexity index is 1080. The van der Waals surface area contributed by atoms with Crippen molar-refractivity contribution in [3.8, 4) is 5.69 Å². The third-order valence-corrected chi connectivity index (χ3v) is 4.75. The van der Waals surface area contributed by atoms with Crippen LogP contribution >= 0.6 is 0 Å². The van der Waals surface area contributed by atoms with Crippen LogP contribution in [0.2, 0.25) is 0 Å². The van der Waals surface area contributed by atoms with Gasteiger partial charge >= 0.3 is 6.18 Å². The monoisotopic (exact) mass is 429 g/mol. The van der Waals surface area contributed by atoms with E-state index in [0.717, 1.165) is 4.90 Å². The number of carbonyl (C=O) groups is 1. The minimum atomic E-state index is -4.73. The number of aromatic nitrogens is 3. The van der Waals surface area contributed by atoms with Gasteiger partial charge in [-0.3, -0.25) is 9.78 Å². The van der Waals surface area contributed by atoms with E-state index < -0.39 is 24.3 Å². The fourth-order valence-corrected chi connectivity index (χ4v) is 3.17. The van der Waals surface area contributed by atoms with E-state index in [1.54, 1.807) is 54.9 Å². The lowest BCUT2D eigenvalue weighted by molar-refractivity contribution is -0.0651. The van der Waals surface area contributed by atoms with E-state index in [0.29, 0.717) is 23.4 Å². The molecule has 0 spiro atoms. The van der Waals surface area contributed by atoms with Crippen LogP contribution in [0.4, 0.5) is 13.2 Å². The molecule has 1 aliphatic heterocycles. The molecule has 0 radical (unpaired) electrons. The van der Waals surface area contributed by atoms with Crippen molar-refractivity contribution in [3.63, 3.8) is 0 Å². The number of benzene rings is 1. The summed E-state index contributed by atoms with van der Waals surface area (Å²) in [7, 11) is 0. The minimum Gasteiger partial charge on any atom is -0.391 e. The lowest BCUT2D eigenvalue weighted by Crippen LogP contribution is -2.44. The van der Waals surface area contributed by atoms with Crippen LogP contribution in [0.1, 0.15) is 21.6 Å². The Morgan fingerprint density at radius 1 is 1.16 bits per heavy atom. The highest BCUT2D eigenvalue weighted by Gasteiger charge is 2.40. The molecule has 31 heavy (non-hydrogen) atoms. The fraction of sp³-hybridized carbons (Fsp3) is 0.238. The van der Waals surface area contributed by atoms with Crippen LogP contribution in [0.5, 0.6) is 0 Å². The van der Waals surface area contributed by atoms with E-state index in [-0.39, 0.29) is 18.7 Å². The maximum Gasteiger partial charge on any atom is 0.434 e. The second kappa shape index (κ2) is 8.58. The Morgan fingerprint density at radius 2 is 1.97 bits per heavy atom. The number of hydrogen-bond donors (Lipinski definition) is 0. The van der Waals surface area contributed by atoms with Gasteiger partial charge in [-0.2, -0.15) is 18.3 Å². The molecule has 0 N–H and O–H groups in total. The Labute approximate surface area is 175 Å². The number of nitrogens with zero attached hydrogens (tertiary/aromatic N) is 5. The van der Waals surface area contributed by atoms with E-state index in [4.69, 9.17) is 4.84 Å². The number of alkyl halides is 3. The number of carbonyl (C=O) groups excluding carboxylic acids is 1. The maximum absolute atomic E-state index is 13.5. The number of oxime groups is 1. The second-order valence-corrected chi connectivity index (χ2v) is 6.92. The van der Waals surface area contributed by atoms with Crippen molar-refractivity contribution in [1.82, 2.24) is 19.7 Å². The molecule has 160 valence electrons. The first-order chi connectivity index (χ1) is 14.9. The highest BCUT2D eigenvalue weighted by atomic mass is 19.4. The molecule has 0 fully saturated rings. The zero-order valence-corrected chi connectivity index (χ0v) is 16.3. The summed E-state index contributed by atoms with van der Waals surface area (Å²) in [5.41, 5.74) is 0.982. The van der Waals surface area contributed by atoms with Crippen molar-refractivity contribution < 1.29 is 22.8 Å². The Morgan fingerprint density at radius 3 is 2.68 bits per heavy atom. The quantitative estimate of drug-likeness (QED) is 0.445. The Balaban J connectivity index is 1.49. The summed E-state index contributed by atoms with van der Waals surface area (Å²) < 4.78 is 41.9. The molecule has 0 atom stereocenters. The number of hydrogen-bond acceptors (Lipinski definition) is 5. The molecular weight excluding hydrogens is 411 g/mol. The molecule has 10 heteroatoms. The summed E-state index contributed by atoms with van der Waals surface area (Å²) in [6.45, 7) is -0.700. The number of rotatable bonds is 6. The molecule has 1 amide bonds. The summed E-state index contributed by atoms with van der Waals surface area (Å²) in [4.78, 5) is 22.9. The number of fused-ring (bicyclic) bond motifs is 1. The van der Waals surface area contributed by atoms with Gasteiger partial charge in [0.25, 0.3) is 5.91 Å². The van der Waals surface area contributed by atoms with Crippen LogP contribution in [-0.2, 0) is 17.9 Å². The van der Waals surface area contributed by atoms with Gasteiger partial charge in [0.2, 0.25) is 0 Å². The first kappa shape index (κ1) is 20.6. The van der Waals surface area contributed by atoms with Crippen LogP contribution in [-0.4, -0.2) is 50.5 Å². The third-order valence-electron chi connectivity index (χ3n) is 4.75. The first-order valence-electron chi connectivity index (χ1n) is 9.50. The highest BCUT2D eigenvalue weighted by Crippen LogP contribution is 2.23. The normalized spacial score (nSPS) is 14.5. The first-order valence-corrected chi connectivity index (χ1v) is 9.50. The van der Waals surface area contributed by atoms with Crippen molar-refractivity contribution in [2.24, 2.45) is 5.16 Å². The summed E-state index contributed by atoms with van der Waals surface area (Å²) in [6, 6.07) is 12.2. The van der Waals surface area contributed by atoms with Crippen molar-refractivity contribution >= 4 is 11.6 Å². The largest absolute Gasteiger partial charge is 0.434 e. The predicted octanol–water partition coefficient (Wildman–Crippen LogP) is 3.40. The lowest BCUT2D eigenvalue weighted by atomic mass is 10.1. The van der Waals surface area contributed by atoms with Gasteiger partial charge in [0.15, 0.2) is 5.71 Å². The fourth-order valence-electron chi connectivity index (χ4n) is 3.17. The summed E-state index contributed by atoms with van der Waals surface area (Å²) >= 11 is 0. The smallest absolute Gasteiger partial charge is 0.391 e. The van der Waals surface area contributed by atoms with Crippen molar-refractivity contribution in [1.29, 1.82) is 0 Å². The average molecular weight is 429 g/mol. The molecule has 2 aromatic heterocycles. The van der Waals surface area contributed by atoms with Crippen LogP contribution in [0, 0.1) is 0 Å². The molecule has 3 heterocycles. The summed E-state index contributed by atoms with van der Waals surface area (Å²) in [5.74, 6) is -0.531. The lowest BCUT2D eigenvalue weighted by Gasteiger charge is -2.26. The van der Waals surface area contributed by atoms with E-state index in [1.165, 1.54) is 10.9 Å². The minimum absolute atomic E-state index is 0.101. The molecule has 1 aromatic carbocycles. The molecule has 0 saturated carbocycles. The van der Waals surface area contributed by atoms with Gasteiger partial charge in [-0.25, -0.2) is 4.68 Å². The zero-order chi connectivity index (χ0) is 21.8. The van der Waals surface area contributed by atoms with Gasteiger partial charge in [-0.05, 0) is 17.7 Å². The van der Waals surface area contributed by atoms with Crippen molar-refractivity contribution in [3.05, 3.63) is 77.9 Å².